The highest BCUT2D eigenvalue weighted by Gasteiger charge is 2.39. The molecule has 5 nitrogen and oxygen atoms in total. The third-order valence-electron chi connectivity index (χ3n) is 5.31. The Balaban J connectivity index is 1.60. The van der Waals surface area contributed by atoms with Crippen LogP contribution >= 0.6 is 15.9 Å². The van der Waals surface area contributed by atoms with E-state index in [1.54, 1.807) is 17.0 Å². The van der Waals surface area contributed by atoms with Crippen LogP contribution in [0.3, 0.4) is 0 Å². The molecule has 1 saturated heterocycles. The molecule has 1 heterocycles. The maximum atomic E-state index is 13.0. The molecule has 2 aromatic rings. The molecule has 0 aliphatic carbocycles. The molecule has 2 aromatic carbocycles. The van der Waals surface area contributed by atoms with Crippen LogP contribution in [-0.4, -0.2) is 29.9 Å². The molecule has 0 spiro atoms. The molecule has 2 N–H and O–H groups in total. The highest BCUT2D eigenvalue weighted by Crippen LogP contribution is 2.30. The zero-order valence-corrected chi connectivity index (χ0v) is 18.2. The number of likely N-dealkylation sites (tertiary alicyclic amines) is 1. The number of nitrogens with one attached hydrogen (secondary N) is 2. The Kier molecular flexibility index (Phi) is 6.57. The predicted molar refractivity (Wildman–Crippen MR) is 115 cm³/mol. The van der Waals surface area contributed by atoms with E-state index < -0.39 is 5.41 Å². The second kappa shape index (κ2) is 8.95. The summed E-state index contributed by atoms with van der Waals surface area (Å²) in [5.74, 6) is -0.402. The molecule has 0 unspecified atom stereocenters. The summed E-state index contributed by atoms with van der Waals surface area (Å²) in [5.41, 5.74) is 1.93. The highest BCUT2D eigenvalue weighted by molar-refractivity contribution is 9.10. The van der Waals surface area contributed by atoms with Gasteiger partial charge in [-0.1, -0.05) is 28.1 Å². The number of hydrogen-bond acceptors (Lipinski definition) is 2. The minimum absolute atomic E-state index is 0.0983. The first kappa shape index (κ1) is 21.3. The molecule has 29 heavy (non-hydrogen) atoms. The smallest absolute Gasteiger partial charge is 0.321 e. The minimum Gasteiger partial charge on any atom is -0.351 e. The summed E-state index contributed by atoms with van der Waals surface area (Å²) >= 11 is 3.45. The molecule has 3 rings (SSSR count). The maximum Gasteiger partial charge on any atom is 0.321 e. The van der Waals surface area contributed by atoms with Gasteiger partial charge >= 0.3 is 6.03 Å². The predicted octanol–water partition coefficient (Wildman–Crippen LogP) is 4.85. The Morgan fingerprint density at radius 3 is 2.62 bits per heavy atom. The number of aryl methyl sites for hydroxylation is 1. The Hall–Kier alpha value is -2.41. The third kappa shape index (κ3) is 5.35. The SMILES string of the molecule is Cc1cc(NC(=O)N2CCC[C@](C)(C(=O)NCc3ccc(F)cc3)C2)ccc1Br. The van der Waals surface area contributed by atoms with Crippen molar-refractivity contribution in [3.8, 4) is 0 Å². The topological polar surface area (TPSA) is 61.4 Å². The lowest BCUT2D eigenvalue weighted by Crippen LogP contribution is -2.52. The summed E-state index contributed by atoms with van der Waals surface area (Å²) in [4.78, 5) is 27.2. The van der Waals surface area contributed by atoms with Gasteiger partial charge in [-0.25, -0.2) is 9.18 Å². The fourth-order valence-corrected chi connectivity index (χ4v) is 3.77. The van der Waals surface area contributed by atoms with Crippen molar-refractivity contribution in [2.75, 3.05) is 18.4 Å². The number of benzene rings is 2. The van der Waals surface area contributed by atoms with E-state index in [2.05, 4.69) is 26.6 Å². The van der Waals surface area contributed by atoms with Crippen LogP contribution < -0.4 is 10.6 Å². The molecule has 0 bridgehead atoms. The Morgan fingerprint density at radius 1 is 1.21 bits per heavy atom. The van der Waals surface area contributed by atoms with Crippen LogP contribution in [0.4, 0.5) is 14.9 Å². The minimum atomic E-state index is -0.661. The normalized spacial score (nSPS) is 19.0. The van der Waals surface area contributed by atoms with Gasteiger partial charge in [-0.3, -0.25) is 4.79 Å². The van der Waals surface area contributed by atoms with E-state index in [4.69, 9.17) is 0 Å². The van der Waals surface area contributed by atoms with Gasteiger partial charge in [0.2, 0.25) is 5.91 Å². The molecule has 7 heteroatoms. The van der Waals surface area contributed by atoms with Crippen molar-refractivity contribution in [1.82, 2.24) is 10.2 Å². The standard InChI is InChI=1S/C22H25BrFN3O2/c1-15-12-18(8-9-19(15)23)26-21(29)27-11-3-10-22(2,14-27)20(28)25-13-16-4-6-17(24)7-5-16/h4-9,12H,3,10-11,13-14H2,1-2H3,(H,25,28)(H,26,29)/t22-/m0/s1. The summed E-state index contributed by atoms with van der Waals surface area (Å²) in [6.07, 6.45) is 1.47. The zero-order valence-electron chi connectivity index (χ0n) is 16.6. The summed E-state index contributed by atoms with van der Waals surface area (Å²) in [7, 11) is 0. The van der Waals surface area contributed by atoms with Crippen LogP contribution in [0.5, 0.6) is 0 Å². The van der Waals surface area contributed by atoms with Gasteiger partial charge in [0.15, 0.2) is 0 Å². The molecule has 1 atom stereocenters. The van der Waals surface area contributed by atoms with Gasteiger partial charge in [0.25, 0.3) is 0 Å². The van der Waals surface area contributed by atoms with E-state index in [-0.39, 0.29) is 17.8 Å². The van der Waals surface area contributed by atoms with E-state index in [9.17, 15) is 14.0 Å². The lowest BCUT2D eigenvalue weighted by atomic mass is 9.81. The van der Waals surface area contributed by atoms with E-state index in [0.717, 1.165) is 27.7 Å². The number of rotatable bonds is 4. The quantitative estimate of drug-likeness (QED) is 0.683. The second-order valence-corrected chi connectivity index (χ2v) is 8.64. The van der Waals surface area contributed by atoms with E-state index in [0.29, 0.717) is 26.1 Å². The van der Waals surface area contributed by atoms with Crippen LogP contribution in [0.25, 0.3) is 0 Å². The number of urea groups is 1. The fourth-order valence-electron chi connectivity index (χ4n) is 3.52. The van der Waals surface area contributed by atoms with Crippen molar-refractivity contribution in [2.24, 2.45) is 5.41 Å². The molecular formula is C22H25BrFN3O2. The summed E-state index contributed by atoms with van der Waals surface area (Å²) < 4.78 is 14.0. The first-order valence-corrected chi connectivity index (χ1v) is 10.4. The molecule has 1 aliphatic rings. The molecule has 154 valence electrons. The number of amides is 3. The Morgan fingerprint density at radius 2 is 1.93 bits per heavy atom. The monoisotopic (exact) mass is 461 g/mol. The van der Waals surface area contributed by atoms with Gasteiger partial charge in [-0.15, -0.1) is 0 Å². The number of hydrogen-bond donors (Lipinski definition) is 2. The molecule has 1 fully saturated rings. The molecular weight excluding hydrogens is 437 g/mol. The van der Waals surface area contributed by atoms with Gasteiger partial charge < -0.3 is 15.5 Å². The highest BCUT2D eigenvalue weighted by atomic mass is 79.9. The number of anilines is 1. The van der Waals surface area contributed by atoms with Gasteiger partial charge in [0.1, 0.15) is 5.82 Å². The van der Waals surface area contributed by atoms with Crippen LogP contribution in [0.1, 0.15) is 30.9 Å². The lowest BCUT2D eigenvalue weighted by molar-refractivity contribution is -0.132. The molecule has 0 saturated carbocycles. The first-order valence-electron chi connectivity index (χ1n) is 9.62. The van der Waals surface area contributed by atoms with Crippen LogP contribution in [-0.2, 0) is 11.3 Å². The van der Waals surface area contributed by atoms with Crippen molar-refractivity contribution in [3.63, 3.8) is 0 Å². The van der Waals surface area contributed by atoms with Gasteiger partial charge in [0.05, 0.1) is 5.41 Å². The van der Waals surface area contributed by atoms with E-state index in [1.807, 2.05) is 32.0 Å². The Bertz CT molecular complexity index is 903. The number of piperidine rings is 1. The number of carbonyl (C=O) groups excluding carboxylic acids is 2. The average Bonchev–Trinajstić information content (AvgIpc) is 2.70. The maximum absolute atomic E-state index is 13.0. The molecule has 0 aromatic heterocycles. The summed E-state index contributed by atoms with van der Waals surface area (Å²) in [6.45, 7) is 5.14. The summed E-state index contributed by atoms with van der Waals surface area (Å²) in [5, 5.41) is 5.84. The van der Waals surface area contributed by atoms with Crippen molar-refractivity contribution in [2.45, 2.75) is 33.2 Å². The number of halogens is 2. The fraction of sp³-hybridized carbons (Fsp3) is 0.364. The summed E-state index contributed by atoms with van der Waals surface area (Å²) in [6, 6.07) is 11.5. The average molecular weight is 462 g/mol. The lowest BCUT2D eigenvalue weighted by Gasteiger charge is -2.39. The van der Waals surface area contributed by atoms with E-state index >= 15 is 0 Å². The van der Waals surface area contributed by atoms with Crippen molar-refractivity contribution in [3.05, 3.63) is 63.9 Å². The van der Waals surface area contributed by atoms with Crippen molar-refractivity contribution in [1.29, 1.82) is 0 Å². The second-order valence-electron chi connectivity index (χ2n) is 7.79. The van der Waals surface area contributed by atoms with Crippen LogP contribution in [0.15, 0.2) is 46.9 Å². The zero-order chi connectivity index (χ0) is 21.0. The first-order chi connectivity index (χ1) is 13.8. The molecule has 0 radical (unpaired) electrons. The van der Waals surface area contributed by atoms with Crippen molar-refractivity contribution < 1.29 is 14.0 Å². The third-order valence-corrected chi connectivity index (χ3v) is 6.20. The van der Waals surface area contributed by atoms with Gasteiger partial charge in [-0.05, 0) is 68.1 Å². The largest absolute Gasteiger partial charge is 0.351 e. The van der Waals surface area contributed by atoms with Crippen LogP contribution in [0, 0.1) is 18.2 Å². The number of carbonyl (C=O) groups is 2. The molecule has 1 aliphatic heterocycles. The molecule has 3 amide bonds. The van der Waals surface area contributed by atoms with Gasteiger partial charge in [0, 0.05) is 29.8 Å². The van der Waals surface area contributed by atoms with E-state index in [1.165, 1.54) is 12.1 Å². The Labute approximate surface area is 178 Å². The van der Waals surface area contributed by atoms with Gasteiger partial charge in [-0.2, -0.15) is 0 Å². The number of nitrogens with zero attached hydrogens (tertiary/aromatic N) is 1. The van der Waals surface area contributed by atoms with Crippen molar-refractivity contribution >= 4 is 33.6 Å². The van der Waals surface area contributed by atoms with Crippen LogP contribution in [0.2, 0.25) is 0 Å².